The molecule has 3 aromatic rings. The monoisotopic (exact) mass is 525 g/mol. The molecule has 1 aliphatic heterocycles. The average molecular weight is 526 g/mol. The number of carbonyl (C=O) groups is 1. The Morgan fingerprint density at radius 1 is 1.00 bits per heavy atom. The summed E-state index contributed by atoms with van der Waals surface area (Å²) in [6.07, 6.45) is 8.81. The van der Waals surface area contributed by atoms with Crippen molar-refractivity contribution in [3.05, 3.63) is 53.4 Å². The quantitative estimate of drug-likeness (QED) is 0.412. The largest absolute Gasteiger partial charge is 0.454 e. The second kappa shape index (κ2) is 10.5. The minimum atomic E-state index is -0.988. The van der Waals surface area contributed by atoms with Crippen molar-refractivity contribution in [2.75, 3.05) is 13.9 Å². The maximum absolute atomic E-state index is 14.7. The SMILES string of the molecule is COC(c1nc2cc(F)c(F)cc2n1C(C(=O)NC1CCCC1)c1ccc2c(c1)OCO2)C1CCCCC1. The first-order valence-corrected chi connectivity index (χ1v) is 13.6. The molecule has 0 spiro atoms. The third-order valence-corrected chi connectivity index (χ3v) is 8.27. The molecule has 2 heterocycles. The van der Waals surface area contributed by atoms with Crippen LogP contribution in [0, 0.1) is 17.6 Å². The number of halogens is 2. The third kappa shape index (κ3) is 4.61. The smallest absolute Gasteiger partial charge is 0.247 e. The van der Waals surface area contributed by atoms with Crippen molar-refractivity contribution in [3.8, 4) is 11.5 Å². The second-order valence-corrected chi connectivity index (χ2v) is 10.7. The van der Waals surface area contributed by atoms with Gasteiger partial charge in [-0.1, -0.05) is 38.2 Å². The Hall–Kier alpha value is -3.20. The molecule has 1 amide bonds. The van der Waals surface area contributed by atoms with E-state index in [-0.39, 0.29) is 30.2 Å². The first-order valence-electron chi connectivity index (χ1n) is 13.6. The van der Waals surface area contributed by atoms with Crippen LogP contribution in [-0.2, 0) is 9.53 Å². The summed E-state index contributed by atoms with van der Waals surface area (Å²) in [7, 11) is 1.64. The number of fused-ring (bicyclic) bond motifs is 2. The zero-order valence-corrected chi connectivity index (χ0v) is 21.6. The van der Waals surface area contributed by atoms with Crippen LogP contribution in [0.3, 0.4) is 0 Å². The van der Waals surface area contributed by atoms with Crippen LogP contribution in [0.5, 0.6) is 11.5 Å². The van der Waals surface area contributed by atoms with Crippen LogP contribution in [-0.4, -0.2) is 35.4 Å². The van der Waals surface area contributed by atoms with Gasteiger partial charge < -0.3 is 24.1 Å². The lowest BCUT2D eigenvalue weighted by atomic mass is 9.84. The van der Waals surface area contributed by atoms with Crippen molar-refractivity contribution in [2.45, 2.75) is 76.0 Å². The van der Waals surface area contributed by atoms with E-state index in [0.717, 1.165) is 63.5 Å². The highest BCUT2D eigenvalue weighted by Gasteiger charge is 2.36. The molecule has 2 aromatic carbocycles. The number of hydrogen-bond donors (Lipinski definition) is 1. The molecule has 0 saturated heterocycles. The normalized spacial score (nSPS) is 19.7. The summed E-state index contributed by atoms with van der Waals surface area (Å²) in [6.45, 7) is 0.106. The fraction of sp³-hybridized carbons (Fsp3) is 0.517. The fourth-order valence-corrected chi connectivity index (χ4v) is 6.38. The summed E-state index contributed by atoms with van der Waals surface area (Å²) in [5.41, 5.74) is 1.28. The highest BCUT2D eigenvalue weighted by molar-refractivity contribution is 5.87. The Morgan fingerprint density at radius 3 is 2.47 bits per heavy atom. The minimum Gasteiger partial charge on any atom is -0.454 e. The minimum absolute atomic E-state index is 0.0722. The van der Waals surface area contributed by atoms with Gasteiger partial charge in [-0.25, -0.2) is 13.8 Å². The van der Waals surface area contributed by atoms with Crippen molar-refractivity contribution >= 4 is 16.9 Å². The summed E-state index contributed by atoms with van der Waals surface area (Å²) < 4.78 is 47.9. The van der Waals surface area contributed by atoms with Crippen molar-refractivity contribution < 1.29 is 27.8 Å². The Kier molecular flexibility index (Phi) is 6.95. The molecule has 2 aliphatic carbocycles. The van der Waals surface area contributed by atoms with Gasteiger partial charge in [-0.05, 0) is 49.3 Å². The van der Waals surface area contributed by atoms with Crippen LogP contribution in [0.2, 0.25) is 0 Å². The van der Waals surface area contributed by atoms with Crippen molar-refractivity contribution in [1.82, 2.24) is 14.9 Å². The molecular weight excluding hydrogens is 492 g/mol. The van der Waals surface area contributed by atoms with Crippen LogP contribution < -0.4 is 14.8 Å². The summed E-state index contributed by atoms with van der Waals surface area (Å²) in [6, 6.07) is 6.81. The van der Waals surface area contributed by atoms with E-state index in [0.29, 0.717) is 28.4 Å². The number of imidazole rings is 1. The van der Waals surface area contributed by atoms with Gasteiger partial charge in [0.1, 0.15) is 18.0 Å². The Labute approximate surface area is 220 Å². The summed E-state index contributed by atoms with van der Waals surface area (Å²) in [5.74, 6) is -0.352. The molecule has 1 N–H and O–H groups in total. The molecular formula is C29H33F2N3O4. The lowest BCUT2D eigenvalue weighted by Crippen LogP contribution is -2.39. The van der Waals surface area contributed by atoms with Gasteiger partial charge in [0.2, 0.25) is 12.7 Å². The van der Waals surface area contributed by atoms with Gasteiger partial charge in [-0.15, -0.1) is 0 Å². The molecule has 0 bridgehead atoms. The predicted molar refractivity (Wildman–Crippen MR) is 137 cm³/mol. The Bertz CT molecular complexity index is 1330. The van der Waals surface area contributed by atoms with Gasteiger partial charge in [0.05, 0.1) is 11.0 Å². The fourth-order valence-electron chi connectivity index (χ4n) is 6.38. The Balaban J connectivity index is 1.54. The van der Waals surface area contributed by atoms with Crippen LogP contribution >= 0.6 is 0 Å². The number of carbonyl (C=O) groups excluding carboxylic acids is 1. The van der Waals surface area contributed by atoms with E-state index in [9.17, 15) is 13.6 Å². The van der Waals surface area contributed by atoms with E-state index in [1.54, 1.807) is 23.8 Å². The molecule has 1 aromatic heterocycles. The molecule has 9 heteroatoms. The number of benzene rings is 2. The lowest BCUT2D eigenvalue weighted by Gasteiger charge is -2.31. The number of methoxy groups -OCH3 is 1. The lowest BCUT2D eigenvalue weighted by molar-refractivity contribution is -0.124. The van der Waals surface area contributed by atoms with E-state index in [1.165, 1.54) is 6.42 Å². The van der Waals surface area contributed by atoms with Gasteiger partial charge in [0.15, 0.2) is 23.1 Å². The maximum Gasteiger partial charge on any atom is 0.247 e. The number of nitrogens with one attached hydrogen (secondary N) is 1. The van der Waals surface area contributed by atoms with E-state index >= 15 is 0 Å². The second-order valence-electron chi connectivity index (χ2n) is 10.7. The van der Waals surface area contributed by atoms with Gasteiger partial charge in [-0.2, -0.15) is 0 Å². The molecule has 7 nitrogen and oxygen atoms in total. The van der Waals surface area contributed by atoms with E-state index < -0.39 is 23.8 Å². The van der Waals surface area contributed by atoms with E-state index in [1.807, 2.05) is 6.07 Å². The van der Waals surface area contributed by atoms with E-state index in [4.69, 9.17) is 19.2 Å². The first kappa shape index (κ1) is 25.1. The standard InChI is InChI=1S/C29H33F2N3O4/c1-36-27(17-7-3-2-4-8-17)28-33-22-14-20(30)21(31)15-23(22)34(28)26(29(35)32-19-9-5-6-10-19)18-11-12-24-25(13-18)38-16-37-24/h11-15,17,19,26-27H,2-10,16H2,1H3,(H,32,35). The van der Waals surface area contributed by atoms with Crippen molar-refractivity contribution in [3.63, 3.8) is 0 Å². The molecule has 2 saturated carbocycles. The van der Waals surface area contributed by atoms with Crippen LogP contribution in [0.1, 0.15) is 81.3 Å². The van der Waals surface area contributed by atoms with Crippen molar-refractivity contribution in [2.24, 2.45) is 5.92 Å². The number of nitrogens with zero attached hydrogens (tertiary/aromatic N) is 2. The number of amides is 1. The average Bonchev–Trinajstić information content (AvgIpc) is 3.67. The van der Waals surface area contributed by atoms with Crippen LogP contribution in [0.4, 0.5) is 8.78 Å². The van der Waals surface area contributed by atoms with Gasteiger partial charge in [0.25, 0.3) is 0 Å². The maximum atomic E-state index is 14.7. The topological polar surface area (TPSA) is 74.6 Å². The highest BCUT2D eigenvalue weighted by Crippen LogP contribution is 2.41. The molecule has 38 heavy (non-hydrogen) atoms. The summed E-state index contributed by atoms with van der Waals surface area (Å²) in [5, 5.41) is 3.22. The first-order chi connectivity index (χ1) is 18.5. The molecule has 2 atom stereocenters. The van der Waals surface area contributed by atoms with Gasteiger partial charge in [-0.3, -0.25) is 4.79 Å². The van der Waals surface area contributed by atoms with Gasteiger partial charge >= 0.3 is 0 Å². The zero-order valence-electron chi connectivity index (χ0n) is 21.6. The zero-order chi connectivity index (χ0) is 26.2. The number of ether oxygens (including phenoxy) is 3. The molecule has 2 unspecified atom stereocenters. The molecule has 0 radical (unpaired) electrons. The highest BCUT2D eigenvalue weighted by atomic mass is 19.2. The van der Waals surface area contributed by atoms with E-state index in [2.05, 4.69) is 5.32 Å². The van der Waals surface area contributed by atoms with Gasteiger partial charge in [0, 0.05) is 25.3 Å². The van der Waals surface area contributed by atoms with Crippen LogP contribution in [0.25, 0.3) is 11.0 Å². The Morgan fingerprint density at radius 2 is 1.71 bits per heavy atom. The predicted octanol–water partition coefficient (Wildman–Crippen LogP) is 5.96. The third-order valence-electron chi connectivity index (χ3n) is 8.27. The summed E-state index contributed by atoms with van der Waals surface area (Å²) in [4.78, 5) is 18.9. The van der Waals surface area contributed by atoms with Crippen LogP contribution in [0.15, 0.2) is 30.3 Å². The molecule has 202 valence electrons. The number of rotatable bonds is 7. The molecule has 6 rings (SSSR count). The molecule has 3 aliphatic rings. The molecule has 2 fully saturated rings. The number of hydrogen-bond acceptors (Lipinski definition) is 5. The summed E-state index contributed by atoms with van der Waals surface area (Å²) >= 11 is 0. The number of aromatic nitrogens is 2. The van der Waals surface area contributed by atoms with Crippen molar-refractivity contribution in [1.29, 1.82) is 0 Å².